The highest BCUT2D eigenvalue weighted by molar-refractivity contribution is 5.97. The molecule has 0 unspecified atom stereocenters. The van der Waals surface area contributed by atoms with Crippen LogP contribution in [0.4, 0.5) is 4.79 Å². The number of terminal acetylenes is 1. The molecule has 0 bridgehead atoms. The Kier molecular flexibility index (Phi) is 6.31. The summed E-state index contributed by atoms with van der Waals surface area (Å²) in [5, 5.41) is 2.82. The van der Waals surface area contributed by atoms with Gasteiger partial charge in [-0.25, -0.2) is 4.79 Å². The number of rotatable bonds is 3. The lowest BCUT2D eigenvalue weighted by Gasteiger charge is -2.32. The second kappa shape index (κ2) is 8.27. The summed E-state index contributed by atoms with van der Waals surface area (Å²) in [6.07, 6.45) is 6.88. The van der Waals surface area contributed by atoms with Crippen molar-refractivity contribution in [2.45, 2.75) is 46.1 Å². The van der Waals surface area contributed by atoms with Gasteiger partial charge in [-0.15, -0.1) is 6.42 Å². The topological polar surface area (TPSA) is 58.6 Å². The van der Waals surface area contributed by atoms with E-state index in [0.717, 1.165) is 18.4 Å². The first-order valence-corrected chi connectivity index (χ1v) is 9.03. The average Bonchev–Trinajstić information content (AvgIpc) is 2.58. The molecule has 5 nitrogen and oxygen atoms in total. The van der Waals surface area contributed by atoms with Crippen molar-refractivity contribution in [3.8, 4) is 12.3 Å². The number of hydrogen-bond acceptors (Lipinski definition) is 3. The maximum absolute atomic E-state index is 12.8. The fraction of sp³-hybridized carbons (Fsp3) is 0.524. The van der Waals surface area contributed by atoms with Gasteiger partial charge in [0.05, 0.1) is 5.56 Å². The minimum Gasteiger partial charge on any atom is -0.444 e. The lowest BCUT2D eigenvalue weighted by molar-refractivity contribution is 0.0500. The number of nitrogens with one attached hydrogen (secondary N) is 1. The molecule has 1 aromatic carbocycles. The van der Waals surface area contributed by atoms with E-state index in [1.807, 2.05) is 44.7 Å². The minimum absolute atomic E-state index is 0.0137. The first kappa shape index (κ1) is 19.8. The van der Waals surface area contributed by atoms with Crippen LogP contribution in [0.25, 0.3) is 0 Å². The summed E-state index contributed by atoms with van der Waals surface area (Å²) in [6.45, 7) is 9.33. The standard InChI is InChI=1S/C21H28N2O3/c1-6-17-15(2)8-7-9-18(17)19(24)23-12-10-16(11-13-23)14-22-20(25)26-21(3,4)5/h1,7-9,16H,10-14H2,2-5H3,(H,22,25). The van der Waals surface area contributed by atoms with Gasteiger partial charge in [-0.3, -0.25) is 4.79 Å². The molecule has 1 N–H and O–H groups in total. The zero-order valence-electron chi connectivity index (χ0n) is 16.1. The Morgan fingerprint density at radius 3 is 2.54 bits per heavy atom. The summed E-state index contributed by atoms with van der Waals surface area (Å²) in [6, 6.07) is 5.57. The number of likely N-dealkylation sites (tertiary alicyclic amines) is 1. The number of hydrogen-bond donors (Lipinski definition) is 1. The number of aryl methyl sites for hydroxylation is 1. The molecule has 2 rings (SSSR count). The molecule has 1 aromatic rings. The summed E-state index contributed by atoms with van der Waals surface area (Å²) < 4.78 is 5.25. The van der Waals surface area contributed by atoms with Crippen molar-refractivity contribution in [1.82, 2.24) is 10.2 Å². The molecule has 1 aliphatic rings. The summed E-state index contributed by atoms with van der Waals surface area (Å²) in [5.41, 5.74) is 1.71. The number of amides is 2. The van der Waals surface area contributed by atoms with Crippen LogP contribution in [-0.2, 0) is 4.74 Å². The fourth-order valence-electron chi connectivity index (χ4n) is 3.09. The van der Waals surface area contributed by atoms with E-state index in [1.165, 1.54) is 0 Å². The normalized spacial score (nSPS) is 15.3. The van der Waals surface area contributed by atoms with E-state index in [4.69, 9.17) is 11.2 Å². The fourth-order valence-corrected chi connectivity index (χ4v) is 3.09. The smallest absolute Gasteiger partial charge is 0.407 e. The molecule has 140 valence electrons. The second-order valence-corrected chi connectivity index (χ2v) is 7.76. The van der Waals surface area contributed by atoms with E-state index in [1.54, 1.807) is 6.07 Å². The van der Waals surface area contributed by atoms with Crippen LogP contribution in [0.2, 0.25) is 0 Å². The van der Waals surface area contributed by atoms with Crippen LogP contribution in [-0.4, -0.2) is 42.1 Å². The first-order valence-electron chi connectivity index (χ1n) is 9.03. The summed E-state index contributed by atoms with van der Waals surface area (Å²) >= 11 is 0. The zero-order chi connectivity index (χ0) is 19.3. The molecule has 0 saturated carbocycles. The molecular formula is C21H28N2O3. The monoisotopic (exact) mass is 356 g/mol. The van der Waals surface area contributed by atoms with Crippen LogP contribution in [0.1, 0.15) is 55.1 Å². The molecule has 2 amide bonds. The van der Waals surface area contributed by atoms with E-state index in [0.29, 0.717) is 36.7 Å². The van der Waals surface area contributed by atoms with Gasteiger partial charge in [-0.1, -0.05) is 18.1 Å². The van der Waals surface area contributed by atoms with Crippen LogP contribution in [0.15, 0.2) is 18.2 Å². The highest BCUT2D eigenvalue weighted by Crippen LogP contribution is 2.21. The third-order valence-corrected chi connectivity index (χ3v) is 4.48. The second-order valence-electron chi connectivity index (χ2n) is 7.76. The van der Waals surface area contributed by atoms with Gasteiger partial charge < -0.3 is 15.0 Å². The SMILES string of the molecule is C#Cc1c(C)cccc1C(=O)N1CCC(CNC(=O)OC(C)(C)C)CC1. The summed E-state index contributed by atoms with van der Waals surface area (Å²) in [4.78, 5) is 26.4. The molecule has 0 aromatic heterocycles. The van der Waals surface area contributed by atoms with Gasteiger partial charge in [0.1, 0.15) is 5.60 Å². The average molecular weight is 356 g/mol. The number of nitrogens with zero attached hydrogens (tertiary/aromatic N) is 1. The Morgan fingerprint density at radius 2 is 1.96 bits per heavy atom. The predicted octanol–water partition coefficient (Wildman–Crippen LogP) is 3.35. The number of alkyl carbamates (subject to hydrolysis) is 1. The summed E-state index contributed by atoms with van der Waals surface area (Å²) in [5.74, 6) is 2.97. The van der Waals surface area contributed by atoms with Crippen molar-refractivity contribution in [2.24, 2.45) is 5.92 Å². The number of carbonyl (C=O) groups is 2. The molecule has 1 saturated heterocycles. The molecule has 1 fully saturated rings. The largest absolute Gasteiger partial charge is 0.444 e. The highest BCUT2D eigenvalue weighted by atomic mass is 16.6. The number of ether oxygens (including phenoxy) is 1. The molecule has 1 aliphatic heterocycles. The Morgan fingerprint density at radius 1 is 1.31 bits per heavy atom. The van der Waals surface area contributed by atoms with Crippen molar-refractivity contribution in [1.29, 1.82) is 0 Å². The predicted molar refractivity (Wildman–Crippen MR) is 102 cm³/mol. The Balaban J connectivity index is 1.87. The van der Waals surface area contributed by atoms with Gasteiger partial charge in [-0.05, 0) is 58.1 Å². The maximum atomic E-state index is 12.8. The Hall–Kier alpha value is -2.48. The van der Waals surface area contributed by atoms with Crippen LogP contribution in [0.5, 0.6) is 0 Å². The molecule has 26 heavy (non-hydrogen) atoms. The molecular weight excluding hydrogens is 328 g/mol. The lowest BCUT2D eigenvalue weighted by Crippen LogP contribution is -2.42. The first-order chi connectivity index (χ1) is 12.2. The number of carbonyl (C=O) groups excluding carboxylic acids is 2. The van der Waals surface area contributed by atoms with Gasteiger partial charge >= 0.3 is 6.09 Å². The number of benzene rings is 1. The third kappa shape index (κ3) is 5.26. The molecule has 1 heterocycles. The van der Waals surface area contributed by atoms with E-state index in [9.17, 15) is 9.59 Å². The lowest BCUT2D eigenvalue weighted by atomic mass is 9.95. The van der Waals surface area contributed by atoms with E-state index < -0.39 is 11.7 Å². The summed E-state index contributed by atoms with van der Waals surface area (Å²) in [7, 11) is 0. The van der Waals surface area contributed by atoms with Crippen molar-refractivity contribution in [3.63, 3.8) is 0 Å². The van der Waals surface area contributed by atoms with Crippen LogP contribution >= 0.6 is 0 Å². The van der Waals surface area contributed by atoms with Crippen LogP contribution in [0, 0.1) is 25.2 Å². The molecule has 0 spiro atoms. The maximum Gasteiger partial charge on any atom is 0.407 e. The van der Waals surface area contributed by atoms with Crippen LogP contribution in [0.3, 0.4) is 0 Å². The van der Waals surface area contributed by atoms with Crippen molar-refractivity contribution < 1.29 is 14.3 Å². The van der Waals surface area contributed by atoms with Gasteiger partial charge in [-0.2, -0.15) is 0 Å². The molecule has 0 radical (unpaired) electrons. The third-order valence-electron chi connectivity index (χ3n) is 4.48. The Labute approximate surface area is 156 Å². The number of piperidine rings is 1. The molecule has 5 heteroatoms. The van der Waals surface area contributed by atoms with E-state index in [-0.39, 0.29) is 5.91 Å². The van der Waals surface area contributed by atoms with Gasteiger partial charge in [0, 0.05) is 25.2 Å². The van der Waals surface area contributed by atoms with Crippen LogP contribution < -0.4 is 5.32 Å². The van der Waals surface area contributed by atoms with Gasteiger partial charge in [0.25, 0.3) is 5.91 Å². The van der Waals surface area contributed by atoms with E-state index in [2.05, 4.69) is 11.2 Å². The van der Waals surface area contributed by atoms with Gasteiger partial charge in [0.15, 0.2) is 0 Å². The van der Waals surface area contributed by atoms with Crippen molar-refractivity contribution in [3.05, 3.63) is 34.9 Å². The zero-order valence-corrected chi connectivity index (χ0v) is 16.1. The Bertz CT molecular complexity index is 705. The molecule has 0 atom stereocenters. The van der Waals surface area contributed by atoms with Gasteiger partial charge in [0.2, 0.25) is 0 Å². The van der Waals surface area contributed by atoms with Crippen molar-refractivity contribution >= 4 is 12.0 Å². The van der Waals surface area contributed by atoms with Crippen molar-refractivity contribution in [2.75, 3.05) is 19.6 Å². The minimum atomic E-state index is -0.498. The molecule has 0 aliphatic carbocycles. The van der Waals surface area contributed by atoms with E-state index >= 15 is 0 Å². The quantitative estimate of drug-likeness (QED) is 0.845. The highest BCUT2D eigenvalue weighted by Gasteiger charge is 2.26.